The number of benzene rings is 3. The molecule has 2 aliphatic rings. The zero-order valence-electron chi connectivity index (χ0n) is 20.4. The molecule has 5 heteroatoms. The van der Waals surface area contributed by atoms with Crippen LogP contribution in [-0.4, -0.2) is 26.7 Å². The van der Waals surface area contributed by atoms with Crippen LogP contribution in [0.3, 0.4) is 0 Å². The third-order valence-corrected chi connectivity index (χ3v) is 8.40. The summed E-state index contributed by atoms with van der Waals surface area (Å²) in [5.41, 5.74) is 8.36. The van der Waals surface area contributed by atoms with Gasteiger partial charge in [-0.2, -0.15) is 0 Å². The van der Waals surface area contributed by atoms with E-state index in [0.717, 1.165) is 31.6 Å². The zero-order chi connectivity index (χ0) is 23.9. The Labute approximate surface area is 206 Å². The molecule has 0 radical (unpaired) electrons. The molecule has 34 heavy (non-hydrogen) atoms. The minimum Gasteiger partial charge on any atom is -0.473 e. The largest absolute Gasteiger partial charge is 0.473 e. The van der Waals surface area contributed by atoms with E-state index in [2.05, 4.69) is 97.4 Å². The molecule has 3 aromatic carbocycles. The van der Waals surface area contributed by atoms with Gasteiger partial charge in [-0.1, -0.05) is 54.6 Å². The molecular weight excluding hydrogens is 436 g/mol. The van der Waals surface area contributed by atoms with Gasteiger partial charge in [0.15, 0.2) is 5.88 Å². The normalized spacial score (nSPS) is 23.5. The molecule has 5 rings (SSSR count). The number of hydrogen-bond acceptors (Lipinski definition) is 3. The highest BCUT2D eigenvalue weighted by Crippen LogP contribution is 2.52. The second kappa shape index (κ2) is 9.25. The monoisotopic (exact) mass is 469 g/mol. The van der Waals surface area contributed by atoms with Crippen molar-refractivity contribution in [2.45, 2.75) is 50.6 Å². The van der Waals surface area contributed by atoms with E-state index in [-0.39, 0.29) is 17.5 Å². The Kier molecular flexibility index (Phi) is 6.31. The molecule has 1 heterocycles. The van der Waals surface area contributed by atoms with Crippen molar-refractivity contribution in [3.05, 3.63) is 84.3 Å². The summed E-state index contributed by atoms with van der Waals surface area (Å²) in [5, 5.41) is 4.88. The summed E-state index contributed by atoms with van der Waals surface area (Å²) in [5.74, 6) is 0.594. The summed E-state index contributed by atoms with van der Waals surface area (Å²) < 4.78 is 12.3. The first-order valence-corrected chi connectivity index (χ1v) is 12.7. The lowest BCUT2D eigenvalue weighted by molar-refractivity contribution is -0.00801. The van der Waals surface area contributed by atoms with E-state index >= 15 is 0 Å². The molecule has 1 aliphatic carbocycles. The van der Waals surface area contributed by atoms with Crippen molar-refractivity contribution >= 4 is 28.1 Å². The van der Waals surface area contributed by atoms with Crippen LogP contribution in [0.1, 0.15) is 30.4 Å². The van der Waals surface area contributed by atoms with Crippen molar-refractivity contribution in [3.63, 3.8) is 0 Å². The van der Waals surface area contributed by atoms with Crippen molar-refractivity contribution in [1.82, 2.24) is 0 Å². The van der Waals surface area contributed by atoms with E-state index in [1.165, 1.54) is 38.7 Å². The fraction of sp³-hybridized carbons (Fsp3) is 0.310. The van der Waals surface area contributed by atoms with Crippen LogP contribution in [0, 0.1) is 13.8 Å². The number of aryl methyl sites for hydroxylation is 1. The van der Waals surface area contributed by atoms with Gasteiger partial charge in [0.2, 0.25) is 0 Å². The number of anilines is 1. The minimum absolute atomic E-state index is 0.0757. The average molecular weight is 469 g/mol. The first-order chi connectivity index (χ1) is 16.4. The Balaban J connectivity index is 1.33. The lowest BCUT2D eigenvalue weighted by atomic mass is 9.65. The zero-order valence-corrected chi connectivity index (χ0v) is 21.5. The molecule has 1 saturated carbocycles. The van der Waals surface area contributed by atoms with E-state index in [1.807, 2.05) is 6.07 Å². The SMILES string of the molecule is BC12CCOC1[C@H](OC(=C)Nc1cc(C)c(-c3ccc(-c4ccccc4)cc3)c(P)c1C)CC2. The Hall–Kier alpha value is -2.55. The van der Waals surface area contributed by atoms with Crippen LogP contribution < -0.4 is 10.6 Å². The van der Waals surface area contributed by atoms with Crippen LogP contribution in [0.15, 0.2) is 73.1 Å². The lowest BCUT2D eigenvalue weighted by Crippen LogP contribution is -2.30. The smallest absolute Gasteiger partial charge is 0.184 e. The summed E-state index contributed by atoms with van der Waals surface area (Å²) in [6, 6.07) is 21.5. The molecule has 2 fully saturated rings. The van der Waals surface area contributed by atoms with Crippen molar-refractivity contribution in [2.75, 3.05) is 11.9 Å². The molecule has 174 valence electrons. The summed E-state index contributed by atoms with van der Waals surface area (Å²) in [7, 11) is 5.27. The fourth-order valence-corrected chi connectivity index (χ4v) is 6.16. The second-order valence-electron chi connectivity index (χ2n) is 10.0. The molecule has 3 nitrogen and oxygen atoms in total. The van der Waals surface area contributed by atoms with Crippen LogP contribution in [0.4, 0.5) is 5.69 Å². The first-order valence-electron chi connectivity index (χ1n) is 12.2. The van der Waals surface area contributed by atoms with Crippen molar-refractivity contribution in [1.29, 1.82) is 0 Å². The van der Waals surface area contributed by atoms with E-state index < -0.39 is 0 Å². The van der Waals surface area contributed by atoms with Gasteiger partial charge in [0.05, 0.1) is 6.10 Å². The van der Waals surface area contributed by atoms with Crippen LogP contribution in [0.2, 0.25) is 5.31 Å². The van der Waals surface area contributed by atoms with Crippen LogP contribution in [0.5, 0.6) is 0 Å². The molecule has 1 N–H and O–H groups in total. The van der Waals surface area contributed by atoms with Gasteiger partial charge in [-0.25, -0.2) is 0 Å². The number of hydrogen-bond donors (Lipinski definition) is 1. The number of ether oxygens (including phenoxy) is 2. The van der Waals surface area contributed by atoms with Crippen molar-refractivity contribution in [2.24, 2.45) is 0 Å². The topological polar surface area (TPSA) is 30.5 Å². The molecule has 0 aromatic heterocycles. The maximum atomic E-state index is 6.26. The van der Waals surface area contributed by atoms with Crippen molar-refractivity contribution in [3.8, 4) is 22.3 Å². The molecule has 0 spiro atoms. The van der Waals surface area contributed by atoms with Gasteiger partial charge in [0.25, 0.3) is 0 Å². The third-order valence-electron chi connectivity index (χ3n) is 7.68. The molecule has 0 bridgehead atoms. The molecule has 0 amide bonds. The van der Waals surface area contributed by atoms with E-state index in [1.54, 1.807) is 0 Å². The quantitative estimate of drug-likeness (QED) is 0.282. The van der Waals surface area contributed by atoms with Gasteiger partial charge < -0.3 is 14.8 Å². The summed E-state index contributed by atoms with van der Waals surface area (Å²) in [6.45, 7) is 9.32. The molecular formula is C29H33BNO2P. The van der Waals surface area contributed by atoms with Gasteiger partial charge in [-0.15, -0.1) is 9.24 Å². The van der Waals surface area contributed by atoms with Crippen molar-refractivity contribution < 1.29 is 9.47 Å². The highest BCUT2D eigenvalue weighted by Gasteiger charge is 2.50. The number of fused-ring (bicyclic) bond motifs is 1. The average Bonchev–Trinajstić information content (AvgIpc) is 3.36. The highest BCUT2D eigenvalue weighted by molar-refractivity contribution is 7.28. The van der Waals surface area contributed by atoms with Crippen LogP contribution in [0.25, 0.3) is 22.3 Å². The number of nitrogens with one attached hydrogen (secondary N) is 1. The third kappa shape index (κ3) is 4.30. The Morgan fingerprint density at radius 1 is 1.06 bits per heavy atom. The predicted octanol–water partition coefficient (Wildman–Crippen LogP) is 5.78. The maximum absolute atomic E-state index is 6.26. The molecule has 1 aliphatic heterocycles. The first kappa shape index (κ1) is 23.2. The van der Waals surface area contributed by atoms with Crippen LogP contribution in [-0.2, 0) is 9.47 Å². The molecule has 4 atom stereocenters. The predicted molar refractivity (Wildman–Crippen MR) is 149 cm³/mol. The molecule has 1 saturated heterocycles. The van der Waals surface area contributed by atoms with Gasteiger partial charge in [0.1, 0.15) is 14.0 Å². The molecule has 3 unspecified atom stereocenters. The number of rotatable bonds is 6. The highest BCUT2D eigenvalue weighted by atomic mass is 31.0. The van der Waals surface area contributed by atoms with E-state index in [4.69, 9.17) is 9.47 Å². The minimum atomic E-state index is 0.0757. The van der Waals surface area contributed by atoms with Gasteiger partial charge in [0, 0.05) is 12.3 Å². The van der Waals surface area contributed by atoms with Gasteiger partial charge in [-0.05, 0) is 89.8 Å². The van der Waals surface area contributed by atoms with E-state index in [9.17, 15) is 0 Å². The van der Waals surface area contributed by atoms with E-state index in [0.29, 0.717) is 5.88 Å². The Morgan fingerprint density at radius 3 is 2.47 bits per heavy atom. The summed E-state index contributed by atoms with van der Waals surface area (Å²) in [6.07, 6.45) is 3.55. The van der Waals surface area contributed by atoms with Gasteiger partial charge >= 0.3 is 0 Å². The Bertz CT molecular complexity index is 1210. The molecule has 3 aromatic rings. The standard InChI is InChI=1S/C29H33BNO2P/c1-18-17-24(31-20(3)33-25-13-14-29(30)15-16-32-28(25)29)19(2)27(34)26(18)23-11-9-22(10-12-23)21-7-5-4-6-8-21/h4-12,17,25,28,31H,3,13-16,30,34H2,1-2H3/t25-,28?,29?/m1/s1. The fourth-order valence-electron chi connectivity index (χ4n) is 5.61. The van der Waals surface area contributed by atoms with Crippen LogP contribution >= 0.6 is 9.24 Å². The summed E-state index contributed by atoms with van der Waals surface area (Å²) >= 11 is 0. The maximum Gasteiger partial charge on any atom is 0.184 e. The Morgan fingerprint density at radius 2 is 1.74 bits per heavy atom. The second-order valence-corrected chi connectivity index (χ2v) is 10.6. The summed E-state index contributed by atoms with van der Waals surface area (Å²) in [4.78, 5) is 0. The van der Waals surface area contributed by atoms with Gasteiger partial charge in [-0.3, -0.25) is 0 Å². The lowest BCUT2D eigenvalue weighted by Gasteiger charge is -2.27.